The van der Waals surface area contributed by atoms with Crippen LogP contribution in [0, 0.1) is 0 Å². The zero-order valence-corrected chi connectivity index (χ0v) is 11.5. The Kier molecular flexibility index (Phi) is 6.16. The van der Waals surface area contributed by atoms with Gasteiger partial charge in [0.2, 0.25) is 5.91 Å². The minimum absolute atomic E-state index is 0.106. The van der Waals surface area contributed by atoms with Crippen LogP contribution in [0.3, 0.4) is 0 Å². The smallest absolute Gasteiger partial charge is 0.331 e. The molecule has 0 unspecified atom stereocenters. The third-order valence-corrected chi connectivity index (χ3v) is 2.24. The lowest BCUT2D eigenvalue weighted by Crippen LogP contribution is -2.35. The minimum atomic E-state index is -0.638. The van der Waals surface area contributed by atoms with E-state index in [1.165, 1.54) is 6.08 Å². The quantitative estimate of drug-likeness (QED) is 0.651. The zero-order chi connectivity index (χ0) is 15.0. The topological polar surface area (TPSA) is 72.5 Å². The van der Waals surface area contributed by atoms with Crippen molar-refractivity contribution < 1.29 is 19.1 Å². The Morgan fingerprint density at radius 1 is 1.10 bits per heavy atom. The van der Waals surface area contributed by atoms with Crippen LogP contribution in [0.2, 0.25) is 0 Å². The van der Waals surface area contributed by atoms with Crippen molar-refractivity contribution in [1.82, 2.24) is 5.32 Å². The maximum atomic E-state index is 11.6. The summed E-state index contributed by atoms with van der Waals surface area (Å²) in [7, 11) is 0. The van der Waals surface area contributed by atoms with Crippen molar-refractivity contribution in [3.8, 4) is 0 Å². The van der Waals surface area contributed by atoms with Gasteiger partial charge in [-0.2, -0.15) is 0 Å². The molecule has 1 aromatic rings. The Bertz CT molecular complexity index is 516. The van der Waals surface area contributed by atoms with Gasteiger partial charge in [0.05, 0.1) is 6.42 Å². The Morgan fingerprint density at radius 2 is 1.75 bits per heavy atom. The molecule has 0 aliphatic rings. The standard InChI is InChI=1S/C15H17NO4/c1-11(2)8-15(19)20-10-14(18)16-13(17)9-12-6-4-3-5-7-12/h3-8H,9-10H2,1-2H3,(H,16,17,18). The predicted octanol–water partition coefficient (Wildman–Crippen LogP) is 1.38. The van der Waals surface area contributed by atoms with Crippen molar-refractivity contribution in [2.45, 2.75) is 20.3 Å². The van der Waals surface area contributed by atoms with E-state index in [0.29, 0.717) is 0 Å². The number of hydrogen-bond donors (Lipinski definition) is 1. The van der Waals surface area contributed by atoms with Gasteiger partial charge >= 0.3 is 5.97 Å². The van der Waals surface area contributed by atoms with Crippen LogP contribution in [0.1, 0.15) is 19.4 Å². The number of imide groups is 1. The fourth-order valence-electron chi connectivity index (χ4n) is 1.43. The predicted molar refractivity (Wildman–Crippen MR) is 73.7 cm³/mol. The fourth-order valence-corrected chi connectivity index (χ4v) is 1.43. The minimum Gasteiger partial charge on any atom is -0.452 e. The largest absolute Gasteiger partial charge is 0.452 e. The summed E-state index contributed by atoms with van der Waals surface area (Å²) in [6, 6.07) is 9.05. The molecule has 0 aliphatic heterocycles. The molecule has 0 bridgehead atoms. The Morgan fingerprint density at radius 3 is 2.35 bits per heavy atom. The third-order valence-electron chi connectivity index (χ3n) is 2.24. The summed E-state index contributed by atoms with van der Waals surface area (Å²) in [4.78, 5) is 34.1. The molecule has 1 rings (SSSR count). The lowest BCUT2D eigenvalue weighted by atomic mass is 10.1. The van der Waals surface area contributed by atoms with Crippen LogP contribution < -0.4 is 5.32 Å². The molecule has 1 aromatic carbocycles. The van der Waals surface area contributed by atoms with Gasteiger partial charge in [0.15, 0.2) is 6.61 Å². The summed E-state index contributed by atoms with van der Waals surface area (Å²) < 4.78 is 4.69. The number of ether oxygens (including phenoxy) is 1. The summed E-state index contributed by atoms with van der Waals surface area (Å²) in [5.74, 6) is -1.67. The Balaban J connectivity index is 2.34. The van der Waals surface area contributed by atoms with Gasteiger partial charge in [-0.25, -0.2) is 4.79 Å². The molecule has 0 aliphatic carbocycles. The SMILES string of the molecule is CC(C)=CC(=O)OCC(=O)NC(=O)Cc1ccccc1. The van der Waals surface area contributed by atoms with E-state index in [1.807, 2.05) is 18.2 Å². The van der Waals surface area contributed by atoms with E-state index >= 15 is 0 Å². The average Bonchev–Trinajstić information content (AvgIpc) is 2.36. The molecule has 0 saturated carbocycles. The number of rotatable bonds is 5. The summed E-state index contributed by atoms with van der Waals surface area (Å²) >= 11 is 0. The number of esters is 1. The highest BCUT2D eigenvalue weighted by atomic mass is 16.5. The molecule has 0 spiro atoms. The zero-order valence-electron chi connectivity index (χ0n) is 11.5. The van der Waals surface area contributed by atoms with Gasteiger partial charge in [0, 0.05) is 6.08 Å². The summed E-state index contributed by atoms with van der Waals surface area (Å²) in [5, 5.41) is 2.16. The highest BCUT2D eigenvalue weighted by Crippen LogP contribution is 1.99. The van der Waals surface area contributed by atoms with Crippen molar-refractivity contribution in [3.05, 3.63) is 47.5 Å². The molecule has 106 valence electrons. The van der Waals surface area contributed by atoms with E-state index in [-0.39, 0.29) is 6.42 Å². The van der Waals surface area contributed by atoms with E-state index in [1.54, 1.807) is 26.0 Å². The average molecular weight is 275 g/mol. The number of carbonyl (C=O) groups excluding carboxylic acids is 3. The summed E-state index contributed by atoms with van der Waals surface area (Å²) in [5.41, 5.74) is 1.58. The Labute approximate surface area is 117 Å². The monoisotopic (exact) mass is 275 g/mol. The van der Waals surface area contributed by atoms with Crippen molar-refractivity contribution in [2.75, 3.05) is 6.61 Å². The highest BCUT2D eigenvalue weighted by Gasteiger charge is 2.10. The van der Waals surface area contributed by atoms with Crippen molar-refractivity contribution in [3.63, 3.8) is 0 Å². The maximum absolute atomic E-state index is 11.6. The Hall–Kier alpha value is -2.43. The maximum Gasteiger partial charge on any atom is 0.331 e. The second kappa shape index (κ2) is 7.89. The van der Waals surface area contributed by atoms with E-state index in [4.69, 9.17) is 0 Å². The highest BCUT2D eigenvalue weighted by molar-refractivity contribution is 5.97. The first-order chi connectivity index (χ1) is 9.47. The molecule has 0 saturated heterocycles. The molecule has 0 heterocycles. The van der Waals surface area contributed by atoms with Gasteiger partial charge in [0.1, 0.15) is 0 Å². The molecular weight excluding hydrogens is 258 g/mol. The van der Waals surface area contributed by atoms with Crippen LogP contribution in [-0.4, -0.2) is 24.4 Å². The first-order valence-corrected chi connectivity index (χ1v) is 6.15. The first-order valence-electron chi connectivity index (χ1n) is 6.15. The lowest BCUT2D eigenvalue weighted by Gasteiger charge is -2.04. The summed E-state index contributed by atoms with van der Waals surface area (Å²) in [6.45, 7) is 3.01. The van der Waals surface area contributed by atoms with E-state index in [2.05, 4.69) is 10.1 Å². The molecule has 2 amide bonds. The molecule has 1 N–H and O–H groups in total. The number of hydrogen-bond acceptors (Lipinski definition) is 4. The molecular formula is C15H17NO4. The number of allylic oxidation sites excluding steroid dienone is 1. The van der Waals surface area contributed by atoms with Gasteiger partial charge < -0.3 is 4.74 Å². The van der Waals surface area contributed by atoms with Crippen LogP contribution >= 0.6 is 0 Å². The van der Waals surface area contributed by atoms with Crippen LogP contribution in [-0.2, 0) is 25.5 Å². The van der Waals surface area contributed by atoms with Crippen LogP contribution in [0.4, 0.5) is 0 Å². The van der Waals surface area contributed by atoms with Crippen LogP contribution in [0.15, 0.2) is 42.0 Å². The molecule has 20 heavy (non-hydrogen) atoms. The fraction of sp³-hybridized carbons (Fsp3) is 0.267. The van der Waals surface area contributed by atoms with E-state index in [0.717, 1.165) is 11.1 Å². The molecule has 5 nitrogen and oxygen atoms in total. The molecule has 5 heteroatoms. The lowest BCUT2D eigenvalue weighted by molar-refractivity contribution is -0.145. The summed E-state index contributed by atoms with van der Waals surface area (Å²) in [6.07, 6.45) is 1.38. The molecule has 0 fully saturated rings. The molecule has 0 aromatic heterocycles. The van der Waals surface area contributed by atoms with Gasteiger partial charge in [-0.3, -0.25) is 14.9 Å². The normalized spacial score (nSPS) is 9.50. The van der Waals surface area contributed by atoms with Gasteiger partial charge in [-0.05, 0) is 19.4 Å². The second-order valence-electron chi connectivity index (χ2n) is 4.46. The first kappa shape index (κ1) is 15.6. The number of nitrogens with one attached hydrogen (secondary N) is 1. The van der Waals surface area contributed by atoms with Gasteiger partial charge in [-0.1, -0.05) is 35.9 Å². The number of amides is 2. The molecule has 0 atom stereocenters. The number of carbonyl (C=O) groups is 3. The van der Waals surface area contributed by atoms with Crippen molar-refractivity contribution in [1.29, 1.82) is 0 Å². The number of benzene rings is 1. The van der Waals surface area contributed by atoms with Crippen LogP contribution in [0.25, 0.3) is 0 Å². The van der Waals surface area contributed by atoms with Crippen molar-refractivity contribution in [2.24, 2.45) is 0 Å². The van der Waals surface area contributed by atoms with E-state index in [9.17, 15) is 14.4 Å². The molecule has 0 radical (unpaired) electrons. The third kappa shape index (κ3) is 6.49. The van der Waals surface area contributed by atoms with Gasteiger partial charge in [-0.15, -0.1) is 0 Å². The van der Waals surface area contributed by atoms with Crippen LogP contribution in [0.5, 0.6) is 0 Å². The second-order valence-corrected chi connectivity index (χ2v) is 4.46. The van der Waals surface area contributed by atoms with Gasteiger partial charge in [0.25, 0.3) is 5.91 Å². The van der Waals surface area contributed by atoms with E-state index < -0.39 is 24.4 Å². The van der Waals surface area contributed by atoms with Crippen molar-refractivity contribution >= 4 is 17.8 Å².